The fourth-order valence-electron chi connectivity index (χ4n) is 4.05. The molecule has 3 aromatic rings. The maximum absolute atomic E-state index is 12.8. The number of nitrogens with one attached hydrogen (secondary N) is 1. The van der Waals surface area contributed by atoms with Gasteiger partial charge in [-0.2, -0.15) is 0 Å². The highest BCUT2D eigenvalue weighted by Gasteiger charge is 2.19. The lowest BCUT2D eigenvalue weighted by Crippen LogP contribution is -2.28. The second-order valence-corrected chi connectivity index (χ2v) is 7.70. The van der Waals surface area contributed by atoms with E-state index in [2.05, 4.69) is 53.5 Å². The van der Waals surface area contributed by atoms with E-state index in [4.69, 9.17) is 4.74 Å². The Labute approximate surface area is 178 Å². The number of amides is 1. The summed E-state index contributed by atoms with van der Waals surface area (Å²) in [5, 5.41) is 3.15. The molecule has 0 saturated heterocycles. The van der Waals surface area contributed by atoms with Gasteiger partial charge in [0.25, 0.3) is 5.91 Å². The maximum Gasteiger partial charge on any atom is 0.251 e. The third-order valence-electron chi connectivity index (χ3n) is 5.80. The van der Waals surface area contributed by atoms with Crippen LogP contribution < -0.4 is 15.0 Å². The van der Waals surface area contributed by atoms with Crippen LogP contribution in [-0.4, -0.2) is 19.6 Å². The van der Waals surface area contributed by atoms with Crippen LogP contribution in [0.5, 0.6) is 5.75 Å². The van der Waals surface area contributed by atoms with Gasteiger partial charge in [0, 0.05) is 24.3 Å². The largest absolute Gasteiger partial charge is 0.497 e. The zero-order valence-electron chi connectivity index (χ0n) is 17.6. The van der Waals surface area contributed by atoms with Gasteiger partial charge in [0.1, 0.15) is 5.75 Å². The molecule has 0 spiro atoms. The number of anilines is 1. The SMILES string of the molecule is CC[C@H](NC(=O)c1ccc(CN2CCc3ccccc32)cc1)c1ccc(OC)cc1. The average molecular weight is 401 g/mol. The smallest absolute Gasteiger partial charge is 0.251 e. The maximum atomic E-state index is 12.8. The fraction of sp³-hybridized carbons (Fsp3) is 0.269. The summed E-state index contributed by atoms with van der Waals surface area (Å²) in [5.41, 5.74) is 5.72. The number of hydrogen-bond donors (Lipinski definition) is 1. The van der Waals surface area contributed by atoms with Crippen molar-refractivity contribution in [3.8, 4) is 5.75 Å². The molecule has 1 aliphatic rings. The molecule has 1 aliphatic heterocycles. The summed E-state index contributed by atoms with van der Waals surface area (Å²) in [6.45, 7) is 3.98. The van der Waals surface area contributed by atoms with Gasteiger partial charge in [0.05, 0.1) is 13.2 Å². The summed E-state index contributed by atoms with van der Waals surface area (Å²) >= 11 is 0. The Morgan fingerprint density at radius 1 is 1.03 bits per heavy atom. The van der Waals surface area contributed by atoms with Gasteiger partial charge in [-0.25, -0.2) is 0 Å². The Morgan fingerprint density at radius 3 is 2.47 bits per heavy atom. The van der Waals surface area contributed by atoms with Gasteiger partial charge < -0.3 is 15.0 Å². The third kappa shape index (κ3) is 4.33. The van der Waals surface area contributed by atoms with Crippen LogP contribution in [0.2, 0.25) is 0 Å². The van der Waals surface area contributed by atoms with Crippen molar-refractivity contribution in [3.63, 3.8) is 0 Å². The van der Waals surface area contributed by atoms with Crippen molar-refractivity contribution in [1.82, 2.24) is 5.32 Å². The second-order valence-electron chi connectivity index (χ2n) is 7.70. The lowest BCUT2D eigenvalue weighted by atomic mass is 10.0. The minimum atomic E-state index is -0.0456. The third-order valence-corrected chi connectivity index (χ3v) is 5.80. The number of nitrogens with zero attached hydrogens (tertiary/aromatic N) is 1. The van der Waals surface area contributed by atoms with Gasteiger partial charge in [-0.3, -0.25) is 4.79 Å². The highest BCUT2D eigenvalue weighted by atomic mass is 16.5. The molecule has 1 N–H and O–H groups in total. The van der Waals surface area contributed by atoms with Crippen LogP contribution >= 0.6 is 0 Å². The van der Waals surface area contributed by atoms with E-state index in [0.29, 0.717) is 5.56 Å². The monoisotopic (exact) mass is 400 g/mol. The average Bonchev–Trinajstić information content (AvgIpc) is 3.21. The highest BCUT2D eigenvalue weighted by molar-refractivity contribution is 5.94. The first-order valence-corrected chi connectivity index (χ1v) is 10.5. The van der Waals surface area contributed by atoms with Crippen molar-refractivity contribution >= 4 is 11.6 Å². The van der Waals surface area contributed by atoms with Crippen LogP contribution in [0.3, 0.4) is 0 Å². The summed E-state index contributed by atoms with van der Waals surface area (Å²) in [4.78, 5) is 15.2. The van der Waals surface area contributed by atoms with Crippen LogP contribution in [0.1, 0.15) is 46.4 Å². The van der Waals surface area contributed by atoms with Gasteiger partial charge in [-0.05, 0) is 59.9 Å². The number of ether oxygens (including phenoxy) is 1. The number of hydrogen-bond acceptors (Lipinski definition) is 3. The minimum absolute atomic E-state index is 0.0239. The van der Waals surface area contributed by atoms with Crippen molar-refractivity contribution in [3.05, 3.63) is 95.1 Å². The van der Waals surface area contributed by atoms with Crippen molar-refractivity contribution in [2.24, 2.45) is 0 Å². The van der Waals surface area contributed by atoms with Crippen LogP contribution in [0.4, 0.5) is 5.69 Å². The van der Waals surface area contributed by atoms with E-state index in [9.17, 15) is 4.79 Å². The van der Waals surface area contributed by atoms with Crippen molar-refractivity contribution in [1.29, 1.82) is 0 Å². The molecule has 1 heterocycles. The molecule has 0 unspecified atom stereocenters. The van der Waals surface area contributed by atoms with E-state index < -0.39 is 0 Å². The van der Waals surface area contributed by atoms with Gasteiger partial charge >= 0.3 is 0 Å². The van der Waals surface area contributed by atoms with Crippen LogP contribution in [0, 0.1) is 0 Å². The molecule has 0 aromatic heterocycles. The fourth-order valence-corrected chi connectivity index (χ4v) is 4.05. The van der Waals surface area contributed by atoms with Crippen LogP contribution in [0.15, 0.2) is 72.8 Å². The molecule has 0 saturated carbocycles. The number of para-hydroxylation sites is 1. The molecule has 1 amide bonds. The summed E-state index contributed by atoms with van der Waals surface area (Å²) in [5.74, 6) is 0.770. The summed E-state index contributed by atoms with van der Waals surface area (Å²) in [6.07, 6.45) is 1.92. The Bertz CT molecular complexity index is 996. The first-order valence-electron chi connectivity index (χ1n) is 10.5. The van der Waals surface area contributed by atoms with Gasteiger partial charge in [0.15, 0.2) is 0 Å². The lowest BCUT2D eigenvalue weighted by Gasteiger charge is -2.20. The minimum Gasteiger partial charge on any atom is -0.497 e. The molecule has 30 heavy (non-hydrogen) atoms. The van der Waals surface area contributed by atoms with Gasteiger partial charge in [0.2, 0.25) is 0 Å². The zero-order chi connectivity index (χ0) is 20.9. The molecule has 0 fully saturated rings. The van der Waals surface area contributed by atoms with E-state index in [-0.39, 0.29) is 11.9 Å². The number of benzene rings is 3. The molecular weight excluding hydrogens is 372 g/mol. The predicted octanol–water partition coefficient (Wildman–Crippen LogP) is 5.14. The van der Waals surface area contributed by atoms with Crippen LogP contribution in [0.25, 0.3) is 0 Å². The number of carbonyl (C=O) groups excluding carboxylic acids is 1. The zero-order valence-corrected chi connectivity index (χ0v) is 17.6. The number of fused-ring (bicyclic) bond motifs is 1. The Balaban J connectivity index is 1.40. The molecule has 4 heteroatoms. The topological polar surface area (TPSA) is 41.6 Å². The molecule has 4 nitrogen and oxygen atoms in total. The van der Waals surface area contributed by atoms with Crippen molar-refractivity contribution < 1.29 is 9.53 Å². The Kier molecular flexibility index (Phi) is 6.03. The molecule has 0 bridgehead atoms. The number of methoxy groups -OCH3 is 1. The van der Waals surface area contributed by atoms with Crippen LogP contribution in [-0.2, 0) is 13.0 Å². The van der Waals surface area contributed by atoms with E-state index in [1.807, 2.05) is 36.4 Å². The molecule has 4 rings (SSSR count). The normalized spacial score (nSPS) is 13.6. The van der Waals surface area contributed by atoms with E-state index in [1.165, 1.54) is 16.8 Å². The molecule has 0 aliphatic carbocycles. The van der Waals surface area contributed by atoms with E-state index in [0.717, 1.165) is 37.2 Å². The second kappa shape index (κ2) is 9.04. The highest BCUT2D eigenvalue weighted by Crippen LogP contribution is 2.29. The lowest BCUT2D eigenvalue weighted by molar-refractivity contribution is 0.0935. The Morgan fingerprint density at radius 2 is 1.77 bits per heavy atom. The molecule has 154 valence electrons. The quantitative estimate of drug-likeness (QED) is 0.597. The van der Waals surface area contributed by atoms with Gasteiger partial charge in [-0.15, -0.1) is 0 Å². The van der Waals surface area contributed by atoms with E-state index >= 15 is 0 Å². The number of rotatable bonds is 7. The first kappa shape index (κ1) is 20.0. The van der Waals surface area contributed by atoms with Gasteiger partial charge in [-0.1, -0.05) is 49.4 Å². The first-order chi connectivity index (χ1) is 14.7. The standard InChI is InChI=1S/C26H28N2O2/c1-3-24(20-12-14-23(30-2)15-13-20)27-26(29)22-10-8-19(9-11-22)18-28-17-16-21-6-4-5-7-25(21)28/h4-15,24H,3,16-18H2,1-2H3,(H,27,29)/t24-/m0/s1. The molecule has 1 atom stereocenters. The summed E-state index contributed by atoms with van der Waals surface area (Å²) < 4.78 is 5.22. The molecule has 3 aromatic carbocycles. The van der Waals surface area contributed by atoms with Crippen molar-refractivity contribution in [2.45, 2.75) is 32.4 Å². The van der Waals surface area contributed by atoms with E-state index in [1.54, 1.807) is 7.11 Å². The number of carbonyl (C=O) groups is 1. The summed E-state index contributed by atoms with van der Waals surface area (Å²) in [7, 11) is 1.65. The summed E-state index contributed by atoms with van der Waals surface area (Å²) in [6, 6.07) is 24.4. The predicted molar refractivity (Wildman–Crippen MR) is 121 cm³/mol. The molecule has 0 radical (unpaired) electrons. The molecular formula is C26H28N2O2. The van der Waals surface area contributed by atoms with Crippen molar-refractivity contribution in [2.75, 3.05) is 18.6 Å². The Hall–Kier alpha value is -3.27.